The summed E-state index contributed by atoms with van der Waals surface area (Å²) < 4.78 is 2.27. The number of amides is 1. The molecule has 2 aliphatic rings. The molecule has 1 saturated carbocycles. The van der Waals surface area contributed by atoms with Gasteiger partial charge in [0, 0.05) is 36.8 Å². The lowest BCUT2D eigenvalue weighted by Crippen LogP contribution is -2.27. The molecule has 1 aromatic rings. The fourth-order valence-corrected chi connectivity index (χ4v) is 2.25. The summed E-state index contributed by atoms with van der Waals surface area (Å²) in [4.78, 5) is 15.3. The predicted octanol–water partition coefficient (Wildman–Crippen LogP) is 1.04. The van der Waals surface area contributed by atoms with Crippen molar-refractivity contribution in [2.24, 2.45) is 0 Å². The summed E-state index contributed by atoms with van der Waals surface area (Å²) in [7, 11) is 0. The number of nitrogens with zero attached hydrogens (tertiary/aromatic N) is 2. The molecule has 1 saturated heterocycles. The van der Waals surface area contributed by atoms with E-state index < -0.39 is 0 Å². The van der Waals surface area contributed by atoms with Crippen LogP contribution in [0.15, 0.2) is 12.5 Å². The Morgan fingerprint density at radius 3 is 3.00 bits per heavy atom. The molecule has 2 fully saturated rings. The highest BCUT2D eigenvalue weighted by Gasteiger charge is 2.27. The molecule has 15 heavy (non-hydrogen) atoms. The predicted molar refractivity (Wildman–Crippen MR) is 55.4 cm³/mol. The van der Waals surface area contributed by atoms with Crippen molar-refractivity contribution in [2.45, 2.75) is 44.2 Å². The number of hydrogen-bond acceptors (Lipinski definition) is 2. The highest BCUT2D eigenvalue weighted by molar-refractivity contribution is 5.78. The Bertz CT molecular complexity index is 381. The number of rotatable bonds is 3. The van der Waals surface area contributed by atoms with Crippen LogP contribution in [0.2, 0.25) is 0 Å². The van der Waals surface area contributed by atoms with Gasteiger partial charge in [-0.05, 0) is 19.3 Å². The molecule has 1 unspecified atom stereocenters. The number of carbonyl (C=O) groups is 1. The third-order valence-electron chi connectivity index (χ3n) is 3.23. The highest BCUT2D eigenvalue weighted by Crippen LogP contribution is 2.36. The molecule has 0 aromatic carbocycles. The molecule has 0 radical (unpaired) electrons. The molecule has 2 heterocycles. The lowest BCUT2D eigenvalue weighted by molar-refractivity contribution is -0.119. The molecule has 1 amide bonds. The minimum atomic E-state index is 0.192. The lowest BCUT2D eigenvalue weighted by Gasteiger charge is -2.11. The number of nitrogens with one attached hydrogen (secondary N) is 1. The smallest absolute Gasteiger partial charge is 0.220 e. The van der Waals surface area contributed by atoms with Crippen LogP contribution in [-0.2, 0) is 11.2 Å². The van der Waals surface area contributed by atoms with Gasteiger partial charge in [0.15, 0.2) is 0 Å². The van der Waals surface area contributed by atoms with Crippen molar-refractivity contribution in [3.63, 3.8) is 0 Å². The van der Waals surface area contributed by atoms with Crippen LogP contribution < -0.4 is 5.32 Å². The van der Waals surface area contributed by atoms with Crippen molar-refractivity contribution in [1.29, 1.82) is 0 Å². The molecule has 0 spiro atoms. The van der Waals surface area contributed by atoms with Crippen molar-refractivity contribution < 1.29 is 4.79 Å². The first-order valence-electron chi connectivity index (χ1n) is 5.63. The van der Waals surface area contributed by atoms with E-state index in [0.717, 1.165) is 12.8 Å². The molecule has 1 aromatic heterocycles. The molecule has 1 aliphatic heterocycles. The standard InChI is InChI=1S/C11H15N3O/c15-11-4-1-8(13-11)5-10-6-12-7-14(10)9-2-3-9/h6-9H,1-5H2,(H,13,15). The third kappa shape index (κ3) is 1.76. The van der Waals surface area contributed by atoms with E-state index in [2.05, 4.69) is 14.9 Å². The maximum Gasteiger partial charge on any atom is 0.220 e. The Balaban J connectivity index is 1.70. The zero-order chi connectivity index (χ0) is 10.3. The highest BCUT2D eigenvalue weighted by atomic mass is 16.1. The van der Waals surface area contributed by atoms with Gasteiger partial charge in [-0.25, -0.2) is 4.98 Å². The fraction of sp³-hybridized carbons (Fsp3) is 0.636. The molecule has 1 atom stereocenters. The fourth-order valence-electron chi connectivity index (χ4n) is 2.25. The Hall–Kier alpha value is -1.32. The summed E-state index contributed by atoms with van der Waals surface area (Å²) in [6, 6.07) is 1.01. The van der Waals surface area contributed by atoms with Crippen LogP contribution in [0.5, 0.6) is 0 Å². The summed E-state index contributed by atoms with van der Waals surface area (Å²) >= 11 is 0. The molecule has 0 bridgehead atoms. The number of imidazole rings is 1. The van der Waals surface area contributed by atoms with E-state index in [1.54, 1.807) is 0 Å². The second-order valence-corrected chi connectivity index (χ2v) is 4.53. The normalized spacial score (nSPS) is 25.6. The first kappa shape index (κ1) is 8.95. The van der Waals surface area contributed by atoms with E-state index >= 15 is 0 Å². The minimum absolute atomic E-state index is 0.192. The van der Waals surface area contributed by atoms with Crippen LogP contribution >= 0.6 is 0 Å². The van der Waals surface area contributed by atoms with Crippen molar-refractivity contribution in [2.75, 3.05) is 0 Å². The summed E-state index contributed by atoms with van der Waals surface area (Å²) in [5, 5.41) is 3.00. The van der Waals surface area contributed by atoms with Gasteiger partial charge in [0.05, 0.1) is 6.33 Å². The Kier molecular flexibility index (Phi) is 2.01. The maximum absolute atomic E-state index is 11.1. The van der Waals surface area contributed by atoms with Crippen LogP contribution in [0.1, 0.15) is 37.4 Å². The Labute approximate surface area is 88.7 Å². The molecular weight excluding hydrogens is 190 g/mol. The molecule has 4 nitrogen and oxygen atoms in total. The first-order chi connectivity index (χ1) is 7.33. The average molecular weight is 205 g/mol. The third-order valence-corrected chi connectivity index (χ3v) is 3.23. The van der Waals surface area contributed by atoms with Crippen LogP contribution in [0.25, 0.3) is 0 Å². The number of carbonyl (C=O) groups excluding carboxylic acids is 1. The van der Waals surface area contributed by atoms with Crippen LogP contribution in [0, 0.1) is 0 Å². The van der Waals surface area contributed by atoms with Crippen molar-refractivity contribution >= 4 is 5.91 Å². The molecular formula is C11H15N3O. The van der Waals surface area contributed by atoms with Gasteiger partial charge in [-0.2, -0.15) is 0 Å². The molecule has 1 N–H and O–H groups in total. The van der Waals surface area contributed by atoms with Crippen LogP contribution in [0.4, 0.5) is 0 Å². The number of aromatic nitrogens is 2. The summed E-state index contributed by atoms with van der Waals surface area (Å²) in [6.07, 6.45) is 8.99. The van der Waals surface area contributed by atoms with Crippen molar-refractivity contribution in [3.05, 3.63) is 18.2 Å². The monoisotopic (exact) mass is 205 g/mol. The van der Waals surface area contributed by atoms with Gasteiger partial charge < -0.3 is 9.88 Å². The second kappa shape index (κ2) is 3.36. The molecule has 80 valence electrons. The van der Waals surface area contributed by atoms with Gasteiger partial charge in [0.1, 0.15) is 0 Å². The number of hydrogen-bond donors (Lipinski definition) is 1. The lowest BCUT2D eigenvalue weighted by atomic mass is 10.1. The van der Waals surface area contributed by atoms with Gasteiger partial charge in [-0.3, -0.25) is 4.79 Å². The van der Waals surface area contributed by atoms with E-state index in [1.807, 2.05) is 12.5 Å². The molecule has 1 aliphatic carbocycles. The first-order valence-corrected chi connectivity index (χ1v) is 5.63. The summed E-state index contributed by atoms with van der Waals surface area (Å²) in [6.45, 7) is 0. The largest absolute Gasteiger partial charge is 0.353 e. The van der Waals surface area contributed by atoms with Crippen LogP contribution in [0.3, 0.4) is 0 Å². The zero-order valence-corrected chi connectivity index (χ0v) is 8.65. The Morgan fingerprint density at radius 1 is 1.47 bits per heavy atom. The van der Waals surface area contributed by atoms with Crippen LogP contribution in [-0.4, -0.2) is 21.5 Å². The summed E-state index contributed by atoms with van der Waals surface area (Å²) in [5.41, 5.74) is 1.27. The van der Waals surface area contributed by atoms with Crippen molar-refractivity contribution in [1.82, 2.24) is 14.9 Å². The van der Waals surface area contributed by atoms with E-state index in [4.69, 9.17) is 0 Å². The topological polar surface area (TPSA) is 46.9 Å². The van der Waals surface area contributed by atoms with Gasteiger partial charge in [0.2, 0.25) is 5.91 Å². The maximum atomic E-state index is 11.1. The minimum Gasteiger partial charge on any atom is -0.353 e. The summed E-state index contributed by atoms with van der Waals surface area (Å²) in [5.74, 6) is 0.192. The van der Waals surface area contributed by atoms with Gasteiger partial charge >= 0.3 is 0 Å². The SMILES string of the molecule is O=C1CCC(Cc2cncn2C2CC2)N1. The Morgan fingerprint density at radius 2 is 2.33 bits per heavy atom. The molecule has 3 rings (SSSR count). The quantitative estimate of drug-likeness (QED) is 0.801. The van der Waals surface area contributed by atoms with Crippen molar-refractivity contribution in [3.8, 4) is 0 Å². The van der Waals surface area contributed by atoms with E-state index in [0.29, 0.717) is 18.5 Å². The van der Waals surface area contributed by atoms with Gasteiger partial charge in [-0.1, -0.05) is 0 Å². The van der Waals surface area contributed by atoms with E-state index in [9.17, 15) is 4.79 Å². The zero-order valence-electron chi connectivity index (χ0n) is 8.65. The van der Waals surface area contributed by atoms with E-state index in [-0.39, 0.29) is 5.91 Å². The average Bonchev–Trinajstić information content (AvgIpc) is 2.83. The molecule has 4 heteroatoms. The second-order valence-electron chi connectivity index (χ2n) is 4.53. The van der Waals surface area contributed by atoms with E-state index in [1.165, 1.54) is 18.5 Å². The van der Waals surface area contributed by atoms with Gasteiger partial charge in [0.25, 0.3) is 0 Å². The van der Waals surface area contributed by atoms with Gasteiger partial charge in [-0.15, -0.1) is 0 Å².